The molecule has 17 heavy (non-hydrogen) atoms. The molecule has 0 radical (unpaired) electrons. The summed E-state index contributed by atoms with van der Waals surface area (Å²) in [6.07, 6.45) is 0.943. The molecule has 0 N–H and O–H groups in total. The van der Waals surface area contributed by atoms with Gasteiger partial charge in [0.2, 0.25) is 0 Å². The first kappa shape index (κ1) is 13.3. The lowest BCUT2D eigenvalue weighted by molar-refractivity contribution is 0.637. The van der Waals surface area contributed by atoms with Crippen LogP contribution in [0.25, 0.3) is 10.9 Å². The second kappa shape index (κ2) is 5.25. The molecule has 1 nitrogen and oxygen atoms in total. The van der Waals surface area contributed by atoms with Crippen LogP contribution < -0.4 is 0 Å². The Labute approximate surface area is 123 Å². The predicted molar refractivity (Wildman–Crippen MR) is 80.7 cm³/mol. The summed E-state index contributed by atoms with van der Waals surface area (Å²) in [7, 11) is 0. The monoisotopic (exact) mass is 375 g/mol. The molecule has 0 aliphatic heterocycles. The molecule has 0 amide bonds. The first-order valence-corrected chi connectivity index (χ1v) is 7.38. The van der Waals surface area contributed by atoms with Gasteiger partial charge in [0.1, 0.15) is 0 Å². The van der Waals surface area contributed by atoms with Gasteiger partial charge in [0.25, 0.3) is 0 Å². The predicted octanol–water partition coefficient (Wildman–Crippen LogP) is 5.61. The van der Waals surface area contributed by atoms with Gasteiger partial charge in [-0.3, -0.25) is 4.98 Å². The third kappa shape index (κ3) is 3.01. The van der Waals surface area contributed by atoms with Gasteiger partial charge in [-0.1, -0.05) is 41.4 Å². The van der Waals surface area contributed by atoms with Crippen molar-refractivity contribution >= 4 is 54.4 Å². The number of aromatic nitrogens is 1. The minimum atomic E-state index is 0.574. The molecule has 2 rings (SSSR count). The van der Waals surface area contributed by atoms with Crippen LogP contribution in [0.5, 0.6) is 0 Å². The van der Waals surface area contributed by atoms with Gasteiger partial charge in [0, 0.05) is 20.0 Å². The molecule has 0 saturated heterocycles. The molecule has 0 unspecified atom stereocenters. The lowest BCUT2D eigenvalue weighted by atomic mass is 10.1. The number of benzene rings is 1. The molecule has 90 valence electrons. The van der Waals surface area contributed by atoms with Crippen LogP contribution in [-0.2, 0) is 6.42 Å². The van der Waals surface area contributed by atoms with E-state index >= 15 is 0 Å². The molecule has 0 atom stereocenters. The van der Waals surface area contributed by atoms with E-state index < -0.39 is 0 Å². The minimum Gasteiger partial charge on any atom is -0.252 e. The van der Waals surface area contributed by atoms with Crippen molar-refractivity contribution in [2.75, 3.05) is 0 Å². The Balaban J connectivity index is 2.64. The number of fused-ring (bicyclic) bond motifs is 1. The lowest BCUT2D eigenvalue weighted by Gasteiger charge is -2.09. The van der Waals surface area contributed by atoms with Gasteiger partial charge in [-0.05, 0) is 46.5 Å². The van der Waals surface area contributed by atoms with Crippen molar-refractivity contribution in [3.63, 3.8) is 0 Å². The van der Waals surface area contributed by atoms with E-state index in [2.05, 4.69) is 50.7 Å². The van der Waals surface area contributed by atoms with Crippen molar-refractivity contribution in [1.82, 2.24) is 4.98 Å². The van der Waals surface area contributed by atoms with Crippen molar-refractivity contribution < 1.29 is 0 Å². The van der Waals surface area contributed by atoms with Gasteiger partial charge >= 0.3 is 0 Å². The summed E-state index contributed by atoms with van der Waals surface area (Å²) in [4.78, 5) is 4.66. The van der Waals surface area contributed by atoms with Crippen molar-refractivity contribution in [3.8, 4) is 0 Å². The quantitative estimate of drug-likeness (QED) is 0.663. The first-order chi connectivity index (χ1) is 7.97. The fourth-order valence-electron chi connectivity index (χ4n) is 1.78. The van der Waals surface area contributed by atoms with Gasteiger partial charge < -0.3 is 0 Å². The van der Waals surface area contributed by atoms with Crippen LogP contribution >= 0.6 is 43.5 Å². The van der Waals surface area contributed by atoms with E-state index in [-0.39, 0.29) is 0 Å². The molecule has 1 heterocycles. The van der Waals surface area contributed by atoms with Gasteiger partial charge in [-0.2, -0.15) is 0 Å². The summed E-state index contributed by atoms with van der Waals surface area (Å²) in [5, 5.41) is 1.73. The van der Waals surface area contributed by atoms with Crippen LogP contribution in [0.3, 0.4) is 0 Å². The Hall–Kier alpha value is -0.120. The van der Waals surface area contributed by atoms with Crippen molar-refractivity contribution in [3.05, 3.63) is 37.9 Å². The smallest absolute Gasteiger partial charge is 0.0863 e. The molecule has 4 heteroatoms. The van der Waals surface area contributed by atoms with Crippen molar-refractivity contribution in [2.45, 2.75) is 20.3 Å². The van der Waals surface area contributed by atoms with Crippen LogP contribution in [0.2, 0.25) is 5.02 Å². The van der Waals surface area contributed by atoms with Crippen molar-refractivity contribution in [2.24, 2.45) is 5.92 Å². The number of rotatable bonds is 2. The Morgan fingerprint density at radius 1 is 1.24 bits per heavy atom. The van der Waals surface area contributed by atoms with E-state index in [1.54, 1.807) is 0 Å². The summed E-state index contributed by atoms with van der Waals surface area (Å²) < 4.78 is 1.96. The fourth-order valence-corrected chi connectivity index (χ4v) is 3.37. The number of hydrogen-bond acceptors (Lipinski definition) is 1. The molecular formula is C13H12Br2ClN. The first-order valence-electron chi connectivity index (χ1n) is 5.41. The molecule has 0 aliphatic carbocycles. The van der Waals surface area contributed by atoms with Crippen LogP contribution in [0.4, 0.5) is 0 Å². The largest absolute Gasteiger partial charge is 0.252 e. The lowest BCUT2D eigenvalue weighted by Crippen LogP contribution is -1.98. The highest BCUT2D eigenvalue weighted by molar-refractivity contribution is 9.11. The number of hydrogen-bond donors (Lipinski definition) is 0. The maximum atomic E-state index is 6.31. The van der Waals surface area contributed by atoms with E-state index in [4.69, 9.17) is 11.6 Å². The van der Waals surface area contributed by atoms with E-state index in [0.717, 1.165) is 37.0 Å². The van der Waals surface area contributed by atoms with Gasteiger partial charge in [-0.15, -0.1) is 0 Å². The third-order valence-electron chi connectivity index (χ3n) is 2.45. The zero-order valence-corrected chi connectivity index (χ0v) is 13.5. The van der Waals surface area contributed by atoms with Crippen molar-refractivity contribution in [1.29, 1.82) is 0 Å². The average molecular weight is 378 g/mol. The molecule has 1 aromatic carbocycles. The average Bonchev–Trinajstić information content (AvgIpc) is 2.19. The van der Waals surface area contributed by atoms with E-state index in [9.17, 15) is 0 Å². The van der Waals surface area contributed by atoms with Gasteiger partial charge in [0.05, 0.1) is 10.5 Å². The molecule has 0 bridgehead atoms. The number of pyridine rings is 1. The molecule has 0 spiro atoms. The van der Waals surface area contributed by atoms with E-state index in [0.29, 0.717) is 5.92 Å². The molecule has 0 fully saturated rings. The van der Waals surface area contributed by atoms with Crippen LogP contribution in [0, 0.1) is 5.92 Å². The Morgan fingerprint density at radius 3 is 2.59 bits per heavy atom. The molecule has 2 aromatic rings. The maximum absolute atomic E-state index is 6.31. The fraction of sp³-hybridized carbons (Fsp3) is 0.308. The molecule has 0 aliphatic rings. The Morgan fingerprint density at radius 2 is 1.94 bits per heavy atom. The van der Waals surface area contributed by atoms with E-state index in [1.807, 2.05) is 18.2 Å². The van der Waals surface area contributed by atoms with Gasteiger partial charge in [0.15, 0.2) is 0 Å². The second-order valence-electron chi connectivity index (χ2n) is 4.48. The van der Waals surface area contributed by atoms with Gasteiger partial charge in [-0.25, -0.2) is 0 Å². The Bertz CT molecular complexity index is 567. The summed E-state index contributed by atoms with van der Waals surface area (Å²) in [6.45, 7) is 4.35. The summed E-state index contributed by atoms with van der Waals surface area (Å²) in [5.41, 5.74) is 1.97. The number of nitrogens with zero attached hydrogens (tertiary/aromatic N) is 1. The highest BCUT2D eigenvalue weighted by Crippen LogP contribution is 2.32. The second-order valence-corrected chi connectivity index (χ2v) is 6.65. The highest BCUT2D eigenvalue weighted by atomic mass is 79.9. The summed E-state index contributed by atoms with van der Waals surface area (Å²) in [5.74, 6) is 0.574. The molecule has 0 saturated carbocycles. The maximum Gasteiger partial charge on any atom is 0.0863 e. The Kier molecular flexibility index (Phi) is 4.11. The normalized spacial score (nSPS) is 11.4. The zero-order valence-electron chi connectivity index (χ0n) is 9.60. The minimum absolute atomic E-state index is 0.574. The highest BCUT2D eigenvalue weighted by Gasteiger charge is 2.09. The standard InChI is InChI=1S/C13H12Br2ClN/c1-7(2)3-9-6-12(16)10-4-8(14)5-11(15)13(10)17-9/h4-7H,3H2,1-2H3. The molecule has 1 aromatic heterocycles. The van der Waals surface area contributed by atoms with E-state index in [1.165, 1.54) is 0 Å². The molecular weight excluding hydrogens is 365 g/mol. The topological polar surface area (TPSA) is 12.9 Å². The third-order valence-corrected chi connectivity index (χ3v) is 3.83. The summed E-state index contributed by atoms with van der Waals surface area (Å²) >= 11 is 13.3. The zero-order chi connectivity index (χ0) is 12.6. The SMILES string of the molecule is CC(C)Cc1cc(Cl)c2cc(Br)cc(Br)c2n1. The number of halogens is 3. The summed E-state index contributed by atoms with van der Waals surface area (Å²) in [6, 6.07) is 5.95. The van der Waals surface area contributed by atoms with Crippen LogP contribution in [0.15, 0.2) is 27.1 Å². The van der Waals surface area contributed by atoms with Crippen LogP contribution in [0.1, 0.15) is 19.5 Å². The van der Waals surface area contributed by atoms with Crippen LogP contribution in [-0.4, -0.2) is 4.98 Å².